The Hall–Kier alpha value is -2.38. The number of carbonyl (C=O) groups excluding carboxylic acids is 2. The fourth-order valence-electron chi connectivity index (χ4n) is 5.91. The van der Waals surface area contributed by atoms with Crippen molar-refractivity contribution in [1.82, 2.24) is 19.4 Å². The highest BCUT2D eigenvalue weighted by Gasteiger charge is 2.40. The van der Waals surface area contributed by atoms with Crippen molar-refractivity contribution >= 4 is 17.9 Å². The van der Waals surface area contributed by atoms with E-state index >= 15 is 0 Å². The van der Waals surface area contributed by atoms with Gasteiger partial charge in [-0.3, -0.25) is 23.7 Å². The van der Waals surface area contributed by atoms with Gasteiger partial charge in [-0.05, 0) is 48.9 Å². The zero-order chi connectivity index (χ0) is 25.5. The van der Waals surface area contributed by atoms with Crippen LogP contribution in [0.4, 0.5) is 0 Å². The summed E-state index contributed by atoms with van der Waals surface area (Å²) in [6, 6.07) is 0.199. The summed E-state index contributed by atoms with van der Waals surface area (Å²) in [5, 5.41) is 4.24. The number of likely N-dealkylation sites (tertiary alicyclic amines) is 1. The van der Waals surface area contributed by atoms with Crippen LogP contribution in [0.1, 0.15) is 79.6 Å². The molecule has 2 fully saturated rings. The Kier molecular flexibility index (Phi) is 7.04. The van der Waals surface area contributed by atoms with Gasteiger partial charge in [-0.25, -0.2) is 4.79 Å². The number of nitrogens with zero attached hydrogens (tertiary/aromatic N) is 4. The molecule has 0 aromatic carbocycles. The number of hydrogen-bond donors (Lipinski definition) is 1. The first-order valence-electron chi connectivity index (χ1n) is 13.3. The maximum absolute atomic E-state index is 12.9. The summed E-state index contributed by atoms with van der Waals surface area (Å²) < 4.78 is 3.56. The third-order valence-corrected chi connectivity index (χ3v) is 8.13. The van der Waals surface area contributed by atoms with E-state index < -0.39 is 0 Å². The molecule has 0 bridgehead atoms. The standard InChI is InChI=1S/C27H43N5O3/c1-26(2,3)17-32-20-10-9-19(28-24(20)30(6)25(32)35)18-11-13-27(4,5)21(16-18)29-22(33)12-15-31-14-7-8-23(31)34/h10,18-19,21H,7-9,11-17H2,1-6H3,(H,29,33). The Morgan fingerprint density at radius 1 is 1.26 bits per heavy atom. The minimum Gasteiger partial charge on any atom is -0.353 e. The molecule has 1 aromatic rings. The molecule has 1 saturated heterocycles. The Balaban J connectivity index is 1.46. The van der Waals surface area contributed by atoms with Crippen LogP contribution < -0.4 is 21.8 Å². The molecule has 8 nitrogen and oxygen atoms in total. The van der Waals surface area contributed by atoms with Crippen LogP contribution in [0.3, 0.4) is 0 Å². The maximum Gasteiger partial charge on any atom is 0.330 e. The Labute approximate surface area is 208 Å². The molecule has 35 heavy (non-hydrogen) atoms. The summed E-state index contributed by atoms with van der Waals surface area (Å²) in [4.78, 5) is 44.5. The van der Waals surface area contributed by atoms with Gasteiger partial charge in [0.05, 0.1) is 11.4 Å². The summed E-state index contributed by atoms with van der Waals surface area (Å²) in [7, 11) is 1.82. The summed E-state index contributed by atoms with van der Waals surface area (Å²) in [6.45, 7) is 12.8. The molecule has 1 N–H and O–H groups in total. The molecule has 8 heteroatoms. The van der Waals surface area contributed by atoms with E-state index in [2.05, 4.69) is 46.0 Å². The highest BCUT2D eigenvalue weighted by Crippen LogP contribution is 2.41. The molecule has 3 heterocycles. The van der Waals surface area contributed by atoms with E-state index in [0.29, 0.717) is 31.8 Å². The van der Waals surface area contributed by atoms with Gasteiger partial charge in [-0.2, -0.15) is 0 Å². The van der Waals surface area contributed by atoms with Crippen LogP contribution in [0.25, 0.3) is 6.08 Å². The Morgan fingerprint density at radius 2 is 2.00 bits per heavy atom. The van der Waals surface area contributed by atoms with Crippen LogP contribution in [-0.2, 0) is 23.2 Å². The predicted octanol–water partition coefficient (Wildman–Crippen LogP) is 1.73. The lowest BCUT2D eigenvalue weighted by Crippen LogP contribution is -2.51. The van der Waals surface area contributed by atoms with Crippen LogP contribution in [0.15, 0.2) is 9.79 Å². The van der Waals surface area contributed by atoms with Gasteiger partial charge in [0.25, 0.3) is 0 Å². The number of aromatic nitrogens is 2. The fraction of sp³-hybridized carbons (Fsp3) is 0.778. The summed E-state index contributed by atoms with van der Waals surface area (Å²) >= 11 is 0. The lowest BCUT2D eigenvalue weighted by molar-refractivity contribution is -0.128. The van der Waals surface area contributed by atoms with E-state index in [0.717, 1.165) is 49.5 Å². The van der Waals surface area contributed by atoms with Crippen molar-refractivity contribution in [3.63, 3.8) is 0 Å². The SMILES string of the molecule is Cn1c2c(n(CC(C)(C)C)c1=O)=CCC(C1CCC(C)(C)C(NC(=O)CCN3CCCC3=O)C1)N=2. The molecule has 3 aliphatic rings. The van der Waals surface area contributed by atoms with Crippen molar-refractivity contribution < 1.29 is 9.59 Å². The quantitative estimate of drug-likeness (QED) is 0.666. The Bertz CT molecular complexity index is 1150. The van der Waals surface area contributed by atoms with Crippen molar-refractivity contribution in [2.75, 3.05) is 13.1 Å². The van der Waals surface area contributed by atoms with Crippen LogP contribution in [0.2, 0.25) is 0 Å². The third kappa shape index (κ3) is 5.56. The molecular formula is C27H43N5O3. The van der Waals surface area contributed by atoms with E-state index in [4.69, 9.17) is 4.99 Å². The number of hydrogen-bond acceptors (Lipinski definition) is 4. The third-order valence-electron chi connectivity index (χ3n) is 8.13. The highest BCUT2D eigenvalue weighted by molar-refractivity contribution is 5.80. The number of nitrogens with one attached hydrogen (secondary N) is 1. The Morgan fingerprint density at radius 3 is 2.66 bits per heavy atom. The van der Waals surface area contributed by atoms with Crippen LogP contribution in [-0.4, -0.2) is 51.0 Å². The lowest BCUT2D eigenvalue weighted by Gasteiger charge is -2.44. The van der Waals surface area contributed by atoms with Gasteiger partial charge in [0.2, 0.25) is 11.8 Å². The van der Waals surface area contributed by atoms with Gasteiger partial charge in [-0.15, -0.1) is 0 Å². The van der Waals surface area contributed by atoms with Crippen molar-refractivity contribution in [2.45, 2.75) is 98.2 Å². The predicted molar refractivity (Wildman–Crippen MR) is 136 cm³/mol. The molecule has 0 spiro atoms. The van der Waals surface area contributed by atoms with Crippen molar-refractivity contribution in [1.29, 1.82) is 0 Å². The van der Waals surface area contributed by atoms with Crippen molar-refractivity contribution in [3.8, 4) is 0 Å². The topological polar surface area (TPSA) is 88.7 Å². The number of rotatable bonds is 6. The second kappa shape index (κ2) is 9.58. The van der Waals surface area contributed by atoms with E-state index in [1.54, 1.807) is 9.47 Å². The minimum atomic E-state index is -0.00280. The molecule has 2 amide bonds. The molecule has 1 aliphatic carbocycles. The molecule has 1 aromatic heterocycles. The average Bonchev–Trinajstić information content (AvgIpc) is 3.29. The largest absolute Gasteiger partial charge is 0.353 e. The van der Waals surface area contributed by atoms with Gasteiger partial charge >= 0.3 is 5.69 Å². The fourth-order valence-corrected chi connectivity index (χ4v) is 5.91. The molecule has 1 saturated carbocycles. The summed E-state index contributed by atoms with van der Waals surface area (Å²) in [5.74, 6) is 0.551. The molecule has 4 rings (SSSR count). The van der Waals surface area contributed by atoms with E-state index in [9.17, 15) is 14.4 Å². The second-order valence-electron chi connectivity index (χ2n) is 12.7. The monoisotopic (exact) mass is 485 g/mol. The van der Waals surface area contributed by atoms with Crippen LogP contribution in [0, 0.1) is 16.7 Å². The number of fused-ring (bicyclic) bond motifs is 1. The van der Waals surface area contributed by atoms with Crippen molar-refractivity contribution in [2.24, 2.45) is 28.8 Å². The van der Waals surface area contributed by atoms with Gasteiger partial charge < -0.3 is 10.2 Å². The van der Waals surface area contributed by atoms with Gasteiger partial charge in [0.15, 0.2) is 5.49 Å². The van der Waals surface area contributed by atoms with Gasteiger partial charge in [0, 0.05) is 45.6 Å². The summed E-state index contributed by atoms with van der Waals surface area (Å²) in [6.07, 6.45) is 7.85. The summed E-state index contributed by atoms with van der Waals surface area (Å²) in [5.41, 5.74) is 0.807. The van der Waals surface area contributed by atoms with Crippen LogP contribution in [0.5, 0.6) is 0 Å². The van der Waals surface area contributed by atoms with Crippen molar-refractivity contribution in [3.05, 3.63) is 21.3 Å². The van der Waals surface area contributed by atoms with E-state index in [1.807, 2.05) is 11.6 Å². The molecule has 0 radical (unpaired) electrons. The first kappa shape index (κ1) is 25.7. The number of amides is 2. The molecule has 194 valence electrons. The molecule has 3 unspecified atom stereocenters. The lowest BCUT2D eigenvalue weighted by atomic mass is 9.67. The minimum absolute atomic E-state index is 0.00280. The first-order valence-corrected chi connectivity index (χ1v) is 13.3. The molecule has 3 atom stereocenters. The molecular weight excluding hydrogens is 442 g/mol. The number of imidazole rings is 1. The second-order valence-corrected chi connectivity index (χ2v) is 12.7. The van der Waals surface area contributed by atoms with Gasteiger partial charge in [-0.1, -0.05) is 40.7 Å². The normalized spacial score (nSPS) is 26.2. The van der Waals surface area contributed by atoms with Gasteiger partial charge in [0.1, 0.15) is 0 Å². The molecule has 2 aliphatic heterocycles. The first-order chi connectivity index (χ1) is 16.4. The average molecular weight is 486 g/mol. The number of carbonyl (C=O) groups is 2. The van der Waals surface area contributed by atoms with Crippen LogP contribution >= 0.6 is 0 Å². The van der Waals surface area contributed by atoms with E-state index in [-0.39, 0.29) is 40.4 Å². The maximum atomic E-state index is 12.9. The van der Waals surface area contributed by atoms with E-state index in [1.165, 1.54) is 0 Å². The highest BCUT2D eigenvalue weighted by atomic mass is 16.2. The smallest absolute Gasteiger partial charge is 0.330 e. The zero-order valence-corrected chi connectivity index (χ0v) is 22.4. The zero-order valence-electron chi connectivity index (χ0n) is 22.4.